The van der Waals surface area contributed by atoms with Gasteiger partial charge in [0.25, 0.3) is 0 Å². The fraction of sp³-hybridized carbons (Fsp3) is 0.385. The summed E-state index contributed by atoms with van der Waals surface area (Å²) < 4.78 is 0. The van der Waals surface area contributed by atoms with Gasteiger partial charge in [0.1, 0.15) is 6.33 Å². The summed E-state index contributed by atoms with van der Waals surface area (Å²) in [6.45, 7) is 0. The number of nitrogens with zero attached hydrogens (tertiary/aromatic N) is 2. The lowest BCUT2D eigenvalue weighted by Gasteiger charge is -2.09. The fourth-order valence-corrected chi connectivity index (χ4v) is 2.52. The van der Waals surface area contributed by atoms with Gasteiger partial charge in [-0.25, -0.2) is 4.98 Å². The van der Waals surface area contributed by atoms with Crippen LogP contribution in [0.1, 0.15) is 37.2 Å². The minimum Gasteiger partial charge on any atom is -0.259 e. The van der Waals surface area contributed by atoms with Gasteiger partial charge in [-0.15, -0.1) is 0 Å². The number of nitrogens with one attached hydrogen (secondary N) is 1. The van der Waals surface area contributed by atoms with Gasteiger partial charge in [0.05, 0.1) is 0 Å². The Bertz CT molecular complexity index is 439. The van der Waals surface area contributed by atoms with Gasteiger partial charge in [0.2, 0.25) is 0 Å². The van der Waals surface area contributed by atoms with E-state index in [1.54, 1.807) is 6.33 Å². The van der Waals surface area contributed by atoms with Crippen molar-refractivity contribution in [1.29, 1.82) is 0 Å². The quantitative estimate of drug-likeness (QED) is 0.832. The number of aromatic amines is 1. The van der Waals surface area contributed by atoms with Crippen LogP contribution < -0.4 is 0 Å². The van der Waals surface area contributed by atoms with Crippen LogP contribution >= 0.6 is 0 Å². The average molecular weight is 213 g/mol. The Kier molecular flexibility index (Phi) is 2.44. The van der Waals surface area contributed by atoms with Crippen LogP contribution in [0, 0.1) is 0 Å². The molecule has 3 rings (SSSR count). The van der Waals surface area contributed by atoms with E-state index in [-0.39, 0.29) is 0 Å². The molecule has 0 bridgehead atoms. The van der Waals surface area contributed by atoms with E-state index in [1.807, 2.05) is 0 Å². The van der Waals surface area contributed by atoms with Crippen LogP contribution in [0.3, 0.4) is 0 Å². The predicted octanol–water partition coefficient (Wildman–Crippen LogP) is 3.13. The number of hydrogen-bond acceptors (Lipinski definition) is 2. The molecule has 1 heterocycles. The van der Waals surface area contributed by atoms with Gasteiger partial charge in [-0.05, 0) is 24.3 Å². The zero-order valence-corrected chi connectivity index (χ0v) is 9.19. The lowest BCUT2D eigenvalue weighted by Crippen LogP contribution is -1.91. The van der Waals surface area contributed by atoms with Gasteiger partial charge in [0, 0.05) is 5.56 Å². The molecule has 0 spiro atoms. The third-order valence-corrected chi connectivity index (χ3v) is 3.43. The van der Waals surface area contributed by atoms with Gasteiger partial charge < -0.3 is 0 Å². The Morgan fingerprint density at radius 1 is 1.06 bits per heavy atom. The molecule has 0 aliphatic heterocycles. The van der Waals surface area contributed by atoms with Crippen molar-refractivity contribution in [3.63, 3.8) is 0 Å². The largest absolute Gasteiger partial charge is 0.259 e. The van der Waals surface area contributed by atoms with Crippen LogP contribution in [0.25, 0.3) is 11.4 Å². The maximum absolute atomic E-state index is 4.15. The van der Waals surface area contributed by atoms with Crippen molar-refractivity contribution < 1.29 is 0 Å². The van der Waals surface area contributed by atoms with E-state index in [0.29, 0.717) is 0 Å². The van der Waals surface area contributed by atoms with Gasteiger partial charge in [-0.3, -0.25) is 5.10 Å². The molecule has 1 fully saturated rings. The summed E-state index contributed by atoms with van der Waals surface area (Å²) in [5, 5.41) is 6.74. The molecule has 1 aromatic heterocycles. The highest BCUT2D eigenvalue weighted by atomic mass is 15.2. The van der Waals surface area contributed by atoms with Gasteiger partial charge >= 0.3 is 0 Å². The van der Waals surface area contributed by atoms with Gasteiger partial charge in [-0.2, -0.15) is 5.10 Å². The standard InChI is InChI=1S/C13H15N3/c1-2-4-10(3-1)11-5-7-12(8-6-11)13-14-9-15-16-13/h5-10H,1-4H2,(H,14,15,16). The lowest BCUT2D eigenvalue weighted by molar-refractivity contribution is 0.723. The number of aromatic nitrogens is 3. The topological polar surface area (TPSA) is 41.6 Å². The molecule has 1 aliphatic carbocycles. The first-order valence-corrected chi connectivity index (χ1v) is 5.89. The van der Waals surface area contributed by atoms with Gasteiger partial charge in [-0.1, -0.05) is 37.1 Å². The first-order valence-electron chi connectivity index (χ1n) is 5.89. The molecule has 1 N–H and O–H groups in total. The summed E-state index contributed by atoms with van der Waals surface area (Å²) in [6.07, 6.45) is 7.01. The van der Waals surface area contributed by atoms with Crippen LogP contribution in [-0.2, 0) is 0 Å². The second-order valence-electron chi connectivity index (χ2n) is 4.44. The molecule has 0 unspecified atom stereocenters. The third kappa shape index (κ3) is 1.73. The molecule has 1 aliphatic rings. The summed E-state index contributed by atoms with van der Waals surface area (Å²) in [5.74, 6) is 1.63. The van der Waals surface area contributed by atoms with E-state index in [1.165, 1.54) is 31.2 Å². The summed E-state index contributed by atoms with van der Waals surface area (Å²) in [5.41, 5.74) is 2.58. The Balaban J connectivity index is 1.84. The normalized spacial score (nSPS) is 16.8. The number of hydrogen-bond donors (Lipinski definition) is 1. The van der Waals surface area contributed by atoms with Crippen molar-refractivity contribution >= 4 is 0 Å². The molecule has 16 heavy (non-hydrogen) atoms. The molecule has 0 saturated heterocycles. The summed E-state index contributed by atoms with van der Waals surface area (Å²) >= 11 is 0. The van der Waals surface area contributed by atoms with Crippen LogP contribution in [-0.4, -0.2) is 15.2 Å². The Morgan fingerprint density at radius 2 is 1.81 bits per heavy atom. The highest BCUT2D eigenvalue weighted by Crippen LogP contribution is 2.34. The smallest absolute Gasteiger partial charge is 0.155 e. The molecular weight excluding hydrogens is 198 g/mol. The lowest BCUT2D eigenvalue weighted by atomic mass is 9.97. The molecule has 2 aromatic rings. The van der Waals surface area contributed by atoms with E-state index in [4.69, 9.17) is 0 Å². The average Bonchev–Trinajstić information content (AvgIpc) is 3.03. The Labute approximate surface area is 94.9 Å². The van der Waals surface area contributed by atoms with E-state index < -0.39 is 0 Å². The summed E-state index contributed by atoms with van der Waals surface area (Å²) in [7, 11) is 0. The minimum absolute atomic E-state index is 0.781. The third-order valence-electron chi connectivity index (χ3n) is 3.43. The number of benzene rings is 1. The van der Waals surface area contributed by atoms with Crippen LogP contribution in [0.5, 0.6) is 0 Å². The van der Waals surface area contributed by atoms with E-state index >= 15 is 0 Å². The second kappa shape index (κ2) is 4.08. The second-order valence-corrected chi connectivity index (χ2v) is 4.44. The Morgan fingerprint density at radius 3 is 2.44 bits per heavy atom. The van der Waals surface area contributed by atoms with Gasteiger partial charge in [0.15, 0.2) is 5.82 Å². The molecule has 3 nitrogen and oxygen atoms in total. The predicted molar refractivity (Wildman–Crippen MR) is 63.0 cm³/mol. The monoisotopic (exact) mass is 213 g/mol. The van der Waals surface area contributed by atoms with Crippen LogP contribution in [0.2, 0.25) is 0 Å². The summed E-state index contributed by atoms with van der Waals surface area (Å²) in [6, 6.07) is 8.73. The number of rotatable bonds is 2. The van der Waals surface area contributed by atoms with Crippen molar-refractivity contribution in [1.82, 2.24) is 15.2 Å². The van der Waals surface area contributed by atoms with Crippen LogP contribution in [0.4, 0.5) is 0 Å². The van der Waals surface area contributed by atoms with Crippen LogP contribution in [0.15, 0.2) is 30.6 Å². The molecule has 0 radical (unpaired) electrons. The number of H-pyrrole nitrogens is 1. The first kappa shape index (κ1) is 9.58. The highest BCUT2D eigenvalue weighted by molar-refractivity contribution is 5.54. The molecule has 0 atom stereocenters. The Hall–Kier alpha value is -1.64. The molecule has 1 saturated carbocycles. The first-order chi connectivity index (χ1) is 7.93. The summed E-state index contributed by atoms with van der Waals surface area (Å²) in [4.78, 5) is 4.15. The minimum atomic E-state index is 0.781. The molecule has 3 heteroatoms. The van der Waals surface area contributed by atoms with E-state index in [0.717, 1.165) is 17.3 Å². The molecule has 82 valence electrons. The molecule has 1 aromatic carbocycles. The zero-order chi connectivity index (χ0) is 10.8. The van der Waals surface area contributed by atoms with E-state index in [2.05, 4.69) is 39.4 Å². The van der Waals surface area contributed by atoms with Crippen molar-refractivity contribution in [2.45, 2.75) is 31.6 Å². The molecular formula is C13H15N3. The molecule has 0 amide bonds. The highest BCUT2D eigenvalue weighted by Gasteiger charge is 2.16. The maximum Gasteiger partial charge on any atom is 0.155 e. The van der Waals surface area contributed by atoms with Crippen molar-refractivity contribution in [2.75, 3.05) is 0 Å². The van der Waals surface area contributed by atoms with Crippen molar-refractivity contribution in [3.8, 4) is 11.4 Å². The SMILES string of the molecule is c1n[nH]c(-c2ccc(C3CCCC3)cc2)n1. The van der Waals surface area contributed by atoms with Crippen molar-refractivity contribution in [2.24, 2.45) is 0 Å². The van der Waals surface area contributed by atoms with Crippen molar-refractivity contribution in [3.05, 3.63) is 36.2 Å². The fourth-order valence-electron chi connectivity index (χ4n) is 2.52. The van der Waals surface area contributed by atoms with E-state index in [9.17, 15) is 0 Å². The zero-order valence-electron chi connectivity index (χ0n) is 9.19. The maximum atomic E-state index is 4.15.